The third kappa shape index (κ3) is 10.2. The van der Waals surface area contributed by atoms with Crippen LogP contribution >= 0.6 is 24.8 Å². The fourth-order valence-corrected chi connectivity index (χ4v) is 35.9. The van der Waals surface area contributed by atoms with Gasteiger partial charge in [-0.25, -0.2) is 0 Å². The molecule has 0 N–H and O–H groups in total. The summed E-state index contributed by atoms with van der Waals surface area (Å²) in [5.74, 6) is 0.421. The fraction of sp³-hybridized carbons (Fsp3) is 0.424. The van der Waals surface area contributed by atoms with E-state index in [1.807, 2.05) is 0 Å². The average Bonchev–Trinajstić information content (AvgIpc) is 3.77. The predicted molar refractivity (Wildman–Crippen MR) is 286 cm³/mol. The van der Waals surface area contributed by atoms with E-state index >= 15 is 0 Å². The van der Waals surface area contributed by atoms with Crippen LogP contribution in [0.15, 0.2) is 126 Å². The first-order valence-corrected chi connectivity index (χ1v) is 36.2. The number of hydrogen-bond acceptors (Lipinski definition) is 1. The second-order valence-corrected chi connectivity index (χ2v) is 49.1. The number of allylic oxidation sites excluding steroid dienone is 3. The maximum atomic E-state index is 6.11. The first-order chi connectivity index (χ1) is 29.1. The molecule has 64 heavy (non-hydrogen) atoms. The summed E-state index contributed by atoms with van der Waals surface area (Å²) in [6, 6.07) is 45.5. The third-order valence-electron chi connectivity index (χ3n) is 14.6. The molecule has 342 valence electrons. The fourth-order valence-electron chi connectivity index (χ4n) is 11.3. The standard InChI is InChI=1S/C30H41O.C22H25.C6H5.CH3.2ClH.H2Si.Zr/c1-22-21-24-13-12-15-27(23-16-18-25(19-17-23)29(2,3)4)28(24)26(22)14-10-8-9-11-20-31-30(5,6)7;1-15(2)18-13-17-7-6-8-20(21(17)14-18)16-9-11-19(12-10-16)22(3,4)5;1-2-4-6-5-3-1;;;;;/h12-13,15-19,21H,8-11,14,20H2,1-7H3;6-15H,1-5H3;1-5H;1H3;2*1H;1H2;. The van der Waals surface area contributed by atoms with Gasteiger partial charge in [-0.05, 0) is 0 Å². The number of hydrogen-bond donors (Lipinski definition) is 0. The Balaban J connectivity index is 0.00000385. The van der Waals surface area contributed by atoms with Gasteiger partial charge < -0.3 is 0 Å². The summed E-state index contributed by atoms with van der Waals surface area (Å²) < 4.78 is 11.3. The molecular weight excluding hydrogens is 915 g/mol. The van der Waals surface area contributed by atoms with Crippen molar-refractivity contribution in [2.75, 3.05) is 6.61 Å². The third-order valence-corrected chi connectivity index (χ3v) is 38.0. The molecule has 5 aromatic carbocycles. The molecule has 2 unspecified atom stereocenters. The minimum absolute atomic E-state index is 0. The van der Waals surface area contributed by atoms with E-state index in [9.17, 15) is 0 Å². The minimum atomic E-state index is -4.42. The van der Waals surface area contributed by atoms with Crippen molar-refractivity contribution in [3.63, 3.8) is 0 Å². The molecule has 2 aliphatic carbocycles. The summed E-state index contributed by atoms with van der Waals surface area (Å²) in [7, 11) is 0. The van der Waals surface area contributed by atoms with Crippen LogP contribution in [-0.4, -0.2) is 19.1 Å². The maximum Gasteiger partial charge on any atom is -0.147 e. The Morgan fingerprint density at radius 1 is 0.594 bits per heavy atom. The van der Waals surface area contributed by atoms with Crippen LogP contribution in [0.2, 0.25) is 4.63 Å². The molecular formula is C59H78Cl2OSiZr. The van der Waals surface area contributed by atoms with E-state index in [1.165, 1.54) is 63.8 Å². The summed E-state index contributed by atoms with van der Waals surface area (Å²) in [6.07, 6.45) is 8.49. The molecule has 0 heterocycles. The van der Waals surface area contributed by atoms with E-state index in [2.05, 4.69) is 216 Å². The summed E-state index contributed by atoms with van der Waals surface area (Å²) in [5.41, 5.74) is 19.3. The van der Waals surface area contributed by atoms with Gasteiger partial charge in [0, 0.05) is 0 Å². The molecule has 5 aromatic rings. The quantitative estimate of drug-likeness (QED) is 0.0844. The summed E-state index contributed by atoms with van der Waals surface area (Å²) in [5, 5.41) is 0. The molecule has 0 saturated heterocycles. The topological polar surface area (TPSA) is 9.23 Å². The van der Waals surface area contributed by atoms with Crippen molar-refractivity contribution in [1.82, 2.24) is 0 Å². The summed E-state index contributed by atoms with van der Waals surface area (Å²) in [4.78, 5) is 0. The average molecular weight is 993 g/mol. The van der Waals surface area contributed by atoms with E-state index in [0.29, 0.717) is 13.2 Å². The first kappa shape index (κ1) is 52.2. The zero-order valence-corrected chi connectivity index (χ0v) is 47.0. The molecule has 0 aromatic heterocycles. The normalized spacial score (nSPS) is 16.6. The van der Waals surface area contributed by atoms with Gasteiger partial charge in [0.2, 0.25) is 0 Å². The first-order valence-electron chi connectivity index (χ1n) is 23.7. The molecule has 0 spiro atoms. The Morgan fingerprint density at radius 3 is 1.64 bits per heavy atom. The second kappa shape index (κ2) is 19.8. The largest absolute Gasteiger partial charge is 0.147 e. The van der Waals surface area contributed by atoms with Crippen LogP contribution in [0.5, 0.6) is 0 Å². The molecule has 0 saturated carbocycles. The molecule has 5 heteroatoms. The zero-order chi connectivity index (χ0) is 44.9. The molecule has 0 bridgehead atoms. The molecule has 2 aliphatic rings. The molecule has 7 rings (SSSR count). The van der Waals surface area contributed by atoms with Crippen molar-refractivity contribution < 1.29 is 22.1 Å². The van der Waals surface area contributed by atoms with Crippen molar-refractivity contribution in [2.45, 2.75) is 144 Å². The molecule has 0 aliphatic heterocycles. The number of halogens is 2. The van der Waals surface area contributed by atoms with Gasteiger partial charge in [-0.1, -0.05) is 0 Å². The van der Waals surface area contributed by atoms with Crippen molar-refractivity contribution in [1.29, 1.82) is 0 Å². The number of benzene rings is 5. The molecule has 1 nitrogen and oxygen atoms in total. The van der Waals surface area contributed by atoms with Crippen LogP contribution in [-0.2, 0) is 33.0 Å². The van der Waals surface area contributed by atoms with Crippen molar-refractivity contribution in [3.05, 3.63) is 160 Å². The molecule has 0 amide bonds. The number of unbranched alkanes of at least 4 members (excludes halogenated alkanes) is 3. The monoisotopic (exact) mass is 990 g/mol. The van der Waals surface area contributed by atoms with Gasteiger partial charge in [-0.2, -0.15) is 0 Å². The predicted octanol–water partition coefficient (Wildman–Crippen LogP) is 16.5. The number of ether oxygens (including phenoxy) is 1. The Kier molecular flexibility index (Phi) is 16.2. The summed E-state index contributed by atoms with van der Waals surface area (Å²) in [6.45, 7) is 31.2. The van der Waals surface area contributed by atoms with E-state index in [4.69, 9.17) is 4.74 Å². The van der Waals surface area contributed by atoms with Gasteiger partial charge in [-0.15, -0.1) is 24.8 Å². The van der Waals surface area contributed by atoms with Crippen molar-refractivity contribution in [3.8, 4) is 22.3 Å². The van der Waals surface area contributed by atoms with E-state index in [1.54, 1.807) is 31.1 Å². The van der Waals surface area contributed by atoms with Crippen LogP contribution in [0.3, 0.4) is 0 Å². The summed E-state index contributed by atoms with van der Waals surface area (Å²) >= 11 is -4.42. The Morgan fingerprint density at radius 2 is 1.11 bits per heavy atom. The van der Waals surface area contributed by atoms with Gasteiger partial charge in [0.05, 0.1) is 0 Å². The van der Waals surface area contributed by atoms with E-state index < -0.39 is 17.4 Å². The van der Waals surface area contributed by atoms with Gasteiger partial charge in [-0.3, -0.25) is 0 Å². The van der Waals surface area contributed by atoms with Gasteiger partial charge >= 0.3 is 382 Å². The maximum absolute atomic E-state index is 6.11. The van der Waals surface area contributed by atoms with Crippen molar-refractivity contribution in [2.24, 2.45) is 5.92 Å². The Labute approximate surface area is 403 Å². The molecule has 0 radical (unpaired) electrons. The molecule has 2 atom stereocenters. The Bertz CT molecular complexity index is 2540. The van der Waals surface area contributed by atoms with Gasteiger partial charge in [0.1, 0.15) is 0 Å². The SMILES string of the molecule is CC1=C(CCCCCCOC(C)(C)C)c2c(-c3ccc(C(C)(C)C)cc3)cccc2[CH]1[Zr]([CH3])(=[SiH2])([c]1ccccc1)[CH]1C(C(C)C)=Cc2c(-c3ccc(C(C)(C)C)cc3)cccc21.Cl.Cl. The van der Waals surface area contributed by atoms with Gasteiger partial charge in [0.15, 0.2) is 0 Å². The van der Waals surface area contributed by atoms with E-state index in [0.717, 1.165) is 19.4 Å². The van der Waals surface area contributed by atoms with Crippen LogP contribution in [0.1, 0.15) is 156 Å². The van der Waals surface area contributed by atoms with Crippen molar-refractivity contribution >= 4 is 46.6 Å². The van der Waals surface area contributed by atoms with Crippen LogP contribution in [0, 0.1) is 5.92 Å². The van der Waals surface area contributed by atoms with Crippen LogP contribution < -0.4 is 3.27 Å². The number of fused-ring (bicyclic) bond motifs is 2. The van der Waals surface area contributed by atoms with Crippen LogP contribution in [0.25, 0.3) is 33.9 Å². The van der Waals surface area contributed by atoms with Crippen LogP contribution in [0.4, 0.5) is 0 Å². The molecule has 0 fully saturated rings. The van der Waals surface area contributed by atoms with E-state index in [-0.39, 0.29) is 41.2 Å². The smallest absolute Gasteiger partial charge is 0.147 e. The zero-order valence-electron chi connectivity index (χ0n) is 41.5. The number of rotatable bonds is 13. The minimum Gasteiger partial charge on any atom is -0.147 e. The van der Waals surface area contributed by atoms with Gasteiger partial charge in [0.25, 0.3) is 0 Å². The Hall–Kier alpha value is -2.78. The second-order valence-electron chi connectivity index (χ2n) is 22.8.